The summed E-state index contributed by atoms with van der Waals surface area (Å²) >= 11 is 0. The second kappa shape index (κ2) is 7.00. The van der Waals surface area contributed by atoms with Crippen molar-refractivity contribution in [3.8, 4) is 0 Å². The Morgan fingerprint density at radius 3 is 2.53 bits per heavy atom. The van der Waals surface area contributed by atoms with Crippen molar-refractivity contribution in [2.75, 3.05) is 19.6 Å². The van der Waals surface area contributed by atoms with Crippen molar-refractivity contribution in [1.82, 2.24) is 4.90 Å². The van der Waals surface area contributed by atoms with Crippen LogP contribution < -0.4 is 0 Å². The Morgan fingerprint density at radius 2 is 1.93 bits per heavy atom. The van der Waals surface area contributed by atoms with Gasteiger partial charge in [0.25, 0.3) is 0 Å². The Labute approximate surface area is 94.0 Å². The molecule has 1 fully saturated rings. The molecule has 1 atom stereocenters. The molecule has 2 nitrogen and oxygen atoms in total. The van der Waals surface area contributed by atoms with Crippen LogP contribution in [0.4, 0.5) is 0 Å². The van der Waals surface area contributed by atoms with E-state index in [0.717, 1.165) is 25.8 Å². The van der Waals surface area contributed by atoms with Gasteiger partial charge >= 0.3 is 0 Å². The maximum atomic E-state index is 11.7. The van der Waals surface area contributed by atoms with E-state index in [-0.39, 0.29) is 5.92 Å². The molecule has 15 heavy (non-hydrogen) atoms. The average molecular weight is 211 g/mol. The van der Waals surface area contributed by atoms with Crippen molar-refractivity contribution in [2.45, 2.75) is 52.4 Å². The first kappa shape index (κ1) is 12.7. The molecule has 0 saturated carbocycles. The van der Waals surface area contributed by atoms with Crippen molar-refractivity contribution < 1.29 is 4.79 Å². The highest BCUT2D eigenvalue weighted by Gasteiger charge is 2.15. The van der Waals surface area contributed by atoms with Gasteiger partial charge in [0.1, 0.15) is 5.78 Å². The van der Waals surface area contributed by atoms with Gasteiger partial charge in [0, 0.05) is 18.9 Å². The number of nitrogens with zero attached hydrogens (tertiary/aromatic N) is 1. The van der Waals surface area contributed by atoms with Gasteiger partial charge in [0.15, 0.2) is 0 Å². The smallest absolute Gasteiger partial charge is 0.136 e. The molecular formula is C13H25NO. The number of carbonyl (C=O) groups excluding carboxylic acids is 1. The van der Waals surface area contributed by atoms with Crippen LogP contribution >= 0.6 is 0 Å². The molecule has 0 radical (unpaired) electrons. The summed E-state index contributed by atoms with van der Waals surface area (Å²) in [4.78, 5) is 14.2. The zero-order chi connectivity index (χ0) is 11.1. The van der Waals surface area contributed by atoms with Gasteiger partial charge in [-0.1, -0.05) is 26.7 Å². The zero-order valence-corrected chi connectivity index (χ0v) is 10.3. The van der Waals surface area contributed by atoms with Gasteiger partial charge in [-0.2, -0.15) is 0 Å². The predicted molar refractivity (Wildman–Crippen MR) is 64.0 cm³/mol. The van der Waals surface area contributed by atoms with Crippen LogP contribution in [0.2, 0.25) is 0 Å². The topological polar surface area (TPSA) is 20.3 Å². The fourth-order valence-corrected chi connectivity index (χ4v) is 2.29. The van der Waals surface area contributed by atoms with E-state index in [2.05, 4.69) is 18.7 Å². The van der Waals surface area contributed by atoms with Crippen molar-refractivity contribution in [3.63, 3.8) is 0 Å². The van der Waals surface area contributed by atoms with E-state index in [9.17, 15) is 4.79 Å². The number of rotatable bonds is 6. The van der Waals surface area contributed by atoms with Gasteiger partial charge in [-0.3, -0.25) is 4.79 Å². The average Bonchev–Trinajstić information content (AvgIpc) is 2.27. The van der Waals surface area contributed by atoms with Crippen LogP contribution in [0.1, 0.15) is 52.4 Å². The summed E-state index contributed by atoms with van der Waals surface area (Å²) in [7, 11) is 0. The Bertz CT molecular complexity index is 185. The minimum Gasteiger partial charge on any atom is -0.303 e. The zero-order valence-electron chi connectivity index (χ0n) is 10.3. The summed E-state index contributed by atoms with van der Waals surface area (Å²) in [6.45, 7) is 7.62. The quantitative estimate of drug-likeness (QED) is 0.673. The highest BCUT2D eigenvalue weighted by Crippen LogP contribution is 2.12. The van der Waals surface area contributed by atoms with Crippen molar-refractivity contribution in [3.05, 3.63) is 0 Å². The number of piperidine rings is 1. The molecule has 0 aromatic heterocycles. The van der Waals surface area contributed by atoms with Gasteiger partial charge in [-0.05, 0) is 32.4 Å². The first-order chi connectivity index (χ1) is 7.24. The van der Waals surface area contributed by atoms with E-state index in [4.69, 9.17) is 0 Å². The second-order valence-electron chi connectivity index (χ2n) is 4.81. The fourth-order valence-electron chi connectivity index (χ4n) is 2.29. The minimum atomic E-state index is 0.278. The van der Waals surface area contributed by atoms with Gasteiger partial charge in [0.05, 0.1) is 0 Å². The highest BCUT2D eigenvalue weighted by molar-refractivity contribution is 5.80. The van der Waals surface area contributed by atoms with E-state index < -0.39 is 0 Å². The first-order valence-corrected chi connectivity index (χ1v) is 6.49. The van der Waals surface area contributed by atoms with Crippen LogP contribution in [0.5, 0.6) is 0 Å². The number of ketones is 1. The lowest BCUT2D eigenvalue weighted by Crippen LogP contribution is -2.32. The first-order valence-electron chi connectivity index (χ1n) is 6.49. The molecule has 0 aromatic carbocycles. The Balaban J connectivity index is 2.14. The molecule has 1 aliphatic rings. The second-order valence-corrected chi connectivity index (χ2v) is 4.81. The Hall–Kier alpha value is -0.370. The third kappa shape index (κ3) is 4.78. The van der Waals surface area contributed by atoms with Gasteiger partial charge < -0.3 is 4.90 Å². The highest BCUT2D eigenvalue weighted by atomic mass is 16.1. The van der Waals surface area contributed by atoms with Crippen LogP contribution in [0, 0.1) is 5.92 Å². The maximum absolute atomic E-state index is 11.7. The lowest BCUT2D eigenvalue weighted by atomic mass is 9.98. The summed E-state index contributed by atoms with van der Waals surface area (Å²) in [6, 6.07) is 0. The van der Waals surface area contributed by atoms with E-state index in [1.807, 2.05) is 0 Å². The molecule has 0 N–H and O–H groups in total. The van der Waals surface area contributed by atoms with Crippen LogP contribution in [0.15, 0.2) is 0 Å². The summed E-state index contributed by atoms with van der Waals surface area (Å²) in [5.41, 5.74) is 0. The number of carbonyl (C=O) groups is 1. The predicted octanol–water partition coefficient (Wildman–Crippen LogP) is 2.87. The van der Waals surface area contributed by atoms with E-state index >= 15 is 0 Å². The number of hydrogen-bond acceptors (Lipinski definition) is 2. The number of hydrogen-bond donors (Lipinski definition) is 0. The Kier molecular flexibility index (Phi) is 5.92. The van der Waals surface area contributed by atoms with Gasteiger partial charge in [0.2, 0.25) is 0 Å². The van der Waals surface area contributed by atoms with Crippen molar-refractivity contribution in [1.29, 1.82) is 0 Å². The standard InChI is InChI=1S/C13H25NO/c1-3-7-12(2)13(15)8-11-14-9-5-4-6-10-14/h12H,3-11H2,1-2H3. The van der Waals surface area contributed by atoms with Crippen molar-refractivity contribution in [2.24, 2.45) is 5.92 Å². The molecule has 1 aliphatic heterocycles. The summed E-state index contributed by atoms with van der Waals surface area (Å²) < 4.78 is 0. The lowest BCUT2D eigenvalue weighted by molar-refractivity contribution is -0.122. The normalized spacial score (nSPS) is 20.1. The monoisotopic (exact) mass is 211 g/mol. The molecular weight excluding hydrogens is 186 g/mol. The summed E-state index contributed by atoms with van der Waals surface area (Å²) in [5.74, 6) is 0.738. The molecule has 1 saturated heterocycles. The molecule has 0 spiro atoms. The molecule has 0 bridgehead atoms. The number of likely N-dealkylation sites (tertiary alicyclic amines) is 1. The van der Waals surface area contributed by atoms with Crippen LogP contribution in [-0.2, 0) is 4.79 Å². The number of Topliss-reactive ketones (excluding diaryl/α,β-unsaturated/α-hetero) is 1. The van der Waals surface area contributed by atoms with E-state index in [0.29, 0.717) is 5.78 Å². The molecule has 1 heterocycles. The molecule has 88 valence electrons. The SMILES string of the molecule is CCCC(C)C(=O)CCN1CCCCC1. The van der Waals surface area contributed by atoms with Crippen LogP contribution in [0.25, 0.3) is 0 Å². The third-order valence-corrected chi connectivity index (χ3v) is 3.39. The van der Waals surface area contributed by atoms with Crippen molar-refractivity contribution >= 4 is 5.78 Å². The van der Waals surface area contributed by atoms with Gasteiger partial charge in [-0.25, -0.2) is 0 Å². The summed E-state index contributed by atoms with van der Waals surface area (Å²) in [5, 5.41) is 0. The molecule has 2 heteroatoms. The molecule has 1 unspecified atom stereocenters. The Morgan fingerprint density at radius 1 is 1.27 bits per heavy atom. The van der Waals surface area contributed by atoms with E-state index in [1.165, 1.54) is 32.4 Å². The summed E-state index contributed by atoms with van der Waals surface area (Å²) in [6.07, 6.45) is 6.95. The third-order valence-electron chi connectivity index (χ3n) is 3.39. The molecule has 1 rings (SSSR count). The molecule has 0 amide bonds. The molecule has 0 aromatic rings. The molecule has 0 aliphatic carbocycles. The van der Waals surface area contributed by atoms with Crippen LogP contribution in [0.3, 0.4) is 0 Å². The maximum Gasteiger partial charge on any atom is 0.136 e. The lowest BCUT2D eigenvalue weighted by Gasteiger charge is -2.26. The van der Waals surface area contributed by atoms with E-state index in [1.54, 1.807) is 0 Å². The van der Waals surface area contributed by atoms with Crippen LogP contribution in [-0.4, -0.2) is 30.3 Å². The minimum absolute atomic E-state index is 0.278. The van der Waals surface area contributed by atoms with Gasteiger partial charge in [-0.15, -0.1) is 0 Å². The largest absolute Gasteiger partial charge is 0.303 e. The fraction of sp³-hybridized carbons (Fsp3) is 0.923.